The second-order valence-corrected chi connectivity index (χ2v) is 8.92. The Bertz CT molecular complexity index is 1000. The Morgan fingerprint density at radius 2 is 2.15 bits per heavy atom. The molecular weight excluding hydrogens is 380 g/mol. The van der Waals surface area contributed by atoms with E-state index in [1.807, 2.05) is 37.1 Å². The monoisotopic (exact) mass is 404 g/mol. The Labute approximate surface area is 166 Å². The summed E-state index contributed by atoms with van der Waals surface area (Å²) in [6.45, 7) is 9.31. The number of thiophene rings is 2. The van der Waals surface area contributed by atoms with E-state index >= 15 is 0 Å². The van der Waals surface area contributed by atoms with Crippen LogP contribution in [0.5, 0.6) is 0 Å². The maximum Gasteiger partial charge on any atom is 0.260 e. The first-order valence-electron chi connectivity index (χ1n) is 8.96. The van der Waals surface area contributed by atoms with Crippen LogP contribution in [-0.2, 0) is 11.3 Å². The maximum atomic E-state index is 12.7. The topological polar surface area (TPSA) is 78.1 Å². The molecule has 0 aromatic carbocycles. The molecule has 27 heavy (non-hydrogen) atoms. The van der Waals surface area contributed by atoms with Crippen molar-refractivity contribution >= 4 is 38.8 Å². The molecule has 0 radical (unpaired) electrons. The summed E-state index contributed by atoms with van der Waals surface area (Å²) in [6, 6.07) is 4.21. The summed E-state index contributed by atoms with van der Waals surface area (Å²) in [7, 11) is 0. The lowest BCUT2D eigenvalue weighted by molar-refractivity contribution is -0.122. The van der Waals surface area contributed by atoms with Gasteiger partial charge in [0.25, 0.3) is 5.56 Å². The third-order valence-corrected chi connectivity index (χ3v) is 6.04. The molecule has 3 rings (SSSR count). The van der Waals surface area contributed by atoms with E-state index in [4.69, 9.17) is 0 Å². The molecule has 0 aliphatic rings. The normalized spacial score (nSPS) is 11.6. The molecule has 0 saturated heterocycles. The summed E-state index contributed by atoms with van der Waals surface area (Å²) in [5.41, 5.74) is 0.817. The predicted molar refractivity (Wildman–Crippen MR) is 113 cm³/mol. The van der Waals surface area contributed by atoms with Gasteiger partial charge in [-0.05, 0) is 39.4 Å². The number of aryl methyl sites for hydroxylation is 1. The number of hydrogen-bond acceptors (Lipinski definition) is 6. The SMILES string of the molecule is CCN(CC(=O)NC(C)C)Cc1nc2scc(-c3ccc(C)s3)c2c(=O)[nH]1. The first kappa shape index (κ1) is 19.7. The molecule has 0 spiro atoms. The smallest absolute Gasteiger partial charge is 0.260 e. The molecule has 0 fully saturated rings. The molecule has 3 heterocycles. The van der Waals surface area contributed by atoms with E-state index in [0.717, 1.165) is 15.3 Å². The van der Waals surface area contributed by atoms with Crippen LogP contribution in [0.2, 0.25) is 0 Å². The quantitative estimate of drug-likeness (QED) is 0.633. The Balaban J connectivity index is 1.84. The third kappa shape index (κ3) is 4.63. The van der Waals surface area contributed by atoms with E-state index in [-0.39, 0.29) is 24.1 Å². The van der Waals surface area contributed by atoms with Gasteiger partial charge in [0.05, 0.1) is 18.5 Å². The zero-order valence-corrected chi connectivity index (χ0v) is 17.6. The van der Waals surface area contributed by atoms with Crippen LogP contribution in [0.4, 0.5) is 0 Å². The van der Waals surface area contributed by atoms with Crippen LogP contribution >= 0.6 is 22.7 Å². The Morgan fingerprint density at radius 3 is 2.78 bits per heavy atom. The Morgan fingerprint density at radius 1 is 1.37 bits per heavy atom. The lowest BCUT2D eigenvalue weighted by Gasteiger charge is -2.20. The van der Waals surface area contributed by atoms with Crippen molar-refractivity contribution in [1.82, 2.24) is 20.2 Å². The number of likely N-dealkylation sites (N-methyl/N-ethyl adjacent to an activating group) is 1. The molecule has 1 amide bonds. The van der Waals surface area contributed by atoms with E-state index in [1.54, 1.807) is 11.3 Å². The van der Waals surface area contributed by atoms with Crippen molar-refractivity contribution in [3.05, 3.63) is 38.6 Å². The van der Waals surface area contributed by atoms with E-state index in [0.29, 0.717) is 24.3 Å². The van der Waals surface area contributed by atoms with Crippen LogP contribution in [0.25, 0.3) is 20.7 Å². The molecule has 0 saturated carbocycles. The molecule has 144 valence electrons. The summed E-state index contributed by atoms with van der Waals surface area (Å²) in [5, 5.41) is 5.53. The van der Waals surface area contributed by atoms with Crippen molar-refractivity contribution in [3.63, 3.8) is 0 Å². The van der Waals surface area contributed by atoms with Crippen molar-refractivity contribution in [2.75, 3.05) is 13.1 Å². The second kappa shape index (κ2) is 8.33. The highest BCUT2D eigenvalue weighted by atomic mass is 32.1. The highest BCUT2D eigenvalue weighted by Crippen LogP contribution is 2.34. The number of rotatable bonds is 7. The van der Waals surface area contributed by atoms with Crippen molar-refractivity contribution < 1.29 is 4.79 Å². The summed E-state index contributed by atoms with van der Waals surface area (Å²) in [5.74, 6) is 0.559. The van der Waals surface area contributed by atoms with Gasteiger partial charge in [-0.3, -0.25) is 14.5 Å². The standard InChI is InChI=1S/C19H24N4O2S2/c1-5-23(9-16(24)20-11(2)3)8-15-21-18(25)17-13(10-26-19(17)22-15)14-7-6-12(4)27-14/h6-7,10-11H,5,8-9H2,1-4H3,(H,20,24)(H,21,22,25). The van der Waals surface area contributed by atoms with Gasteiger partial charge < -0.3 is 10.3 Å². The number of aromatic nitrogens is 2. The number of hydrogen-bond donors (Lipinski definition) is 2. The number of amides is 1. The summed E-state index contributed by atoms with van der Waals surface area (Å²) >= 11 is 3.15. The molecule has 3 aromatic heterocycles. The van der Waals surface area contributed by atoms with Gasteiger partial charge in [0.2, 0.25) is 5.91 Å². The molecule has 0 aliphatic heterocycles. The van der Waals surface area contributed by atoms with Crippen molar-refractivity contribution in [2.45, 2.75) is 40.3 Å². The average molecular weight is 405 g/mol. The highest BCUT2D eigenvalue weighted by molar-refractivity contribution is 7.19. The number of fused-ring (bicyclic) bond motifs is 1. The molecule has 2 N–H and O–H groups in total. The van der Waals surface area contributed by atoms with Crippen LogP contribution < -0.4 is 10.9 Å². The fourth-order valence-electron chi connectivity index (χ4n) is 2.89. The minimum Gasteiger partial charge on any atom is -0.353 e. The lowest BCUT2D eigenvalue weighted by Crippen LogP contribution is -2.40. The molecule has 0 atom stereocenters. The van der Waals surface area contributed by atoms with Crippen LogP contribution in [0.15, 0.2) is 22.3 Å². The predicted octanol–water partition coefficient (Wildman–Crippen LogP) is 3.37. The van der Waals surface area contributed by atoms with Crippen LogP contribution in [0.1, 0.15) is 31.5 Å². The van der Waals surface area contributed by atoms with Crippen LogP contribution in [-0.4, -0.2) is 39.9 Å². The molecule has 6 nitrogen and oxygen atoms in total. The highest BCUT2D eigenvalue weighted by Gasteiger charge is 2.16. The summed E-state index contributed by atoms with van der Waals surface area (Å²) in [6.07, 6.45) is 0. The van der Waals surface area contributed by atoms with E-state index < -0.39 is 0 Å². The molecule has 8 heteroatoms. The van der Waals surface area contributed by atoms with Gasteiger partial charge in [0.1, 0.15) is 10.7 Å². The zero-order chi connectivity index (χ0) is 19.6. The molecule has 3 aromatic rings. The van der Waals surface area contributed by atoms with Crippen molar-refractivity contribution in [2.24, 2.45) is 0 Å². The van der Waals surface area contributed by atoms with E-state index in [2.05, 4.69) is 28.3 Å². The average Bonchev–Trinajstić information content (AvgIpc) is 3.19. The second-order valence-electron chi connectivity index (χ2n) is 6.78. The van der Waals surface area contributed by atoms with E-state index in [1.165, 1.54) is 16.2 Å². The fourth-order valence-corrected chi connectivity index (χ4v) is 4.81. The van der Waals surface area contributed by atoms with Crippen LogP contribution in [0.3, 0.4) is 0 Å². The van der Waals surface area contributed by atoms with Crippen LogP contribution in [0, 0.1) is 6.92 Å². The van der Waals surface area contributed by atoms with E-state index in [9.17, 15) is 9.59 Å². The largest absolute Gasteiger partial charge is 0.353 e. The van der Waals surface area contributed by atoms with Gasteiger partial charge in [-0.1, -0.05) is 6.92 Å². The van der Waals surface area contributed by atoms with Gasteiger partial charge >= 0.3 is 0 Å². The van der Waals surface area contributed by atoms with Gasteiger partial charge in [-0.2, -0.15) is 0 Å². The number of nitrogens with one attached hydrogen (secondary N) is 2. The summed E-state index contributed by atoms with van der Waals surface area (Å²) < 4.78 is 0. The van der Waals surface area contributed by atoms with Gasteiger partial charge in [-0.25, -0.2) is 4.98 Å². The number of nitrogens with zero attached hydrogens (tertiary/aromatic N) is 2. The number of aromatic amines is 1. The Kier molecular flexibility index (Phi) is 6.08. The minimum absolute atomic E-state index is 0.0262. The van der Waals surface area contributed by atoms with Gasteiger partial charge in [-0.15, -0.1) is 22.7 Å². The summed E-state index contributed by atoms with van der Waals surface area (Å²) in [4.78, 5) is 37.3. The molecular formula is C19H24N4O2S2. The van der Waals surface area contributed by atoms with Gasteiger partial charge in [0, 0.05) is 26.7 Å². The molecule has 0 bridgehead atoms. The van der Waals surface area contributed by atoms with Crippen molar-refractivity contribution in [1.29, 1.82) is 0 Å². The third-order valence-electron chi connectivity index (χ3n) is 4.14. The lowest BCUT2D eigenvalue weighted by atomic mass is 10.2. The number of carbonyl (C=O) groups is 1. The first-order valence-corrected chi connectivity index (χ1v) is 10.7. The maximum absolute atomic E-state index is 12.7. The molecule has 0 aliphatic carbocycles. The fraction of sp³-hybridized carbons (Fsp3) is 0.421. The number of H-pyrrole nitrogens is 1. The first-order chi connectivity index (χ1) is 12.9. The zero-order valence-electron chi connectivity index (χ0n) is 16.0. The molecule has 0 unspecified atom stereocenters. The van der Waals surface area contributed by atoms with Gasteiger partial charge in [0.15, 0.2) is 0 Å². The van der Waals surface area contributed by atoms with Crippen molar-refractivity contribution in [3.8, 4) is 10.4 Å². The Hall–Kier alpha value is -2.03. The number of carbonyl (C=O) groups excluding carboxylic acids is 1. The minimum atomic E-state index is -0.125.